The first kappa shape index (κ1) is 32.5. The molecule has 0 N–H and O–H groups in total. The maximum Gasteiger partial charge on any atom is 0.218 e. The van der Waals surface area contributed by atoms with Gasteiger partial charge in [0.2, 0.25) is 5.79 Å². The lowest BCUT2D eigenvalue weighted by Crippen LogP contribution is -2.67. The SMILES string of the molecule is C=CCO[C@@]1(C=C)O[C@H](COCc2ccccc2)[C@H](OCc2ccccc2)[C@H](OCc2ccccc2)[C@H]1OCc1ccccc1. The first-order valence-electron chi connectivity index (χ1n) is 15.4. The predicted octanol–water partition coefficient (Wildman–Crippen LogP) is 7.44. The average Bonchev–Trinajstić information content (AvgIpc) is 3.10. The van der Waals surface area contributed by atoms with Gasteiger partial charge >= 0.3 is 0 Å². The third-order valence-corrected chi connectivity index (χ3v) is 7.67. The first-order valence-corrected chi connectivity index (χ1v) is 15.4. The fourth-order valence-corrected chi connectivity index (χ4v) is 5.40. The maximum absolute atomic E-state index is 6.80. The summed E-state index contributed by atoms with van der Waals surface area (Å²) in [6.45, 7) is 9.90. The third kappa shape index (κ3) is 9.08. The second-order valence-electron chi connectivity index (χ2n) is 10.9. The Hall–Kier alpha value is -3.88. The van der Waals surface area contributed by atoms with Gasteiger partial charge in [-0.05, 0) is 28.3 Å². The molecule has 1 heterocycles. The van der Waals surface area contributed by atoms with E-state index in [-0.39, 0.29) is 13.2 Å². The zero-order valence-corrected chi connectivity index (χ0v) is 25.6. The molecule has 1 fully saturated rings. The molecule has 0 amide bonds. The summed E-state index contributed by atoms with van der Waals surface area (Å²) in [5, 5.41) is 0. The van der Waals surface area contributed by atoms with Gasteiger partial charge in [0.05, 0.1) is 39.6 Å². The first-order chi connectivity index (χ1) is 22.2. The van der Waals surface area contributed by atoms with Crippen molar-refractivity contribution in [2.45, 2.75) is 56.6 Å². The van der Waals surface area contributed by atoms with Gasteiger partial charge < -0.3 is 28.4 Å². The molecule has 0 spiro atoms. The van der Waals surface area contributed by atoms with Crippen LogP contribution in [-0.2, 0) is 54.8 Å². The van der Waals surface area contributed by atoms with Crippen molar-refractivity contribution in [3.05, 3.63) is 169 Å². The Kier molecular flexibility index (Phi) is 12.3. The molecule has 4 aromatic carbocycles. The monoisotopic (exact) mass is 606 g/mol. The van der Waals surface area contributed by atoms with E-state index in [0.29, 0.717) is 26.4 Å². The van der Waals surface area contributed by atoms with Crippen molar-refractivity contribution in [1.29, 1.82) is 0 Å². The summed E-state index contributed by atoms with van der Waals surface area (Å²) >= 11 is 0. The van der Waals surface area contributed by atoms with Crippen LogP contribution in [0.4, 0.5) is 0 Å². The van der Waals surface area contributed by atoms with E-state index in [4.69, 9.17) is 28.4 Å². The van der Waals surface area contributed by atoms with Crippen molar-refractivity contribution in [3.8, 4) is 0 Å². The van der Waals surface area contributed by atoms with E-state index < -0.39 is 30.2 Å². The van der Waals surface area contributed by atoms with Crippen molar-refractivity contribution >= 4 is 0 Å². The van der Waals surface area contributed by atoms with Gasteiger partial charge in [-0.3, -0.25) is 0 Å². The highest BCUT2D eigenvalue weighted by Gasteiger charge is 2.56. The highest BCUT2D eigenvalue weighted by molar-refractivity contribution is 5.17. The summed E-state index contributed by atoms with van der Waals surface area (Å²) in [5.74, 6) is -1.36. The molecule has 6 heteroatoms. The molecule has 5 rings (SSSR count). The summed E-state index contributed by atoms with van der Waals surface area (Å²) in [5.41, 5.74) is 4.14. The van der Waals surface area contributed by atoms with Crippen molar-refractivity contribution in [3.63, 3.8) is 0 Å². The van der Waals surface area contributed by atoms with E-state index in [0.717, 1.165) is 22.3 Å². The van der Waals surface area contributed by atoms with Crippen LogP contribution in [0.1, 0.15) is 22.3 Å². The van der Waals surface area contributed by atoms with Crippen molar-refractivity contribution < 1.29 is 28.4 Å². The van der Waals surface area contributed by atoms with Gasteiger partial charge in [-0.2, -0.15) is 0 Å². The van der Waals surface area contributed by atoms with E-state index in [2.05, 4.69) is 13.2 Å². The molecule has 4 aromatic rings. The smallest absolute Gasteiger partial charge is 0.218 e. The molecule has 0 aliphatic carbocycles. The fraction of sp³-hybridized carbons (Fsp3) is 0.282. The van der Waals surface area contributed by atoms with Crippen LogP contribution in [0.2, 0.25) is 0 Å². The van der Waals surface area contributed by atoms with Crippen LogP contribution in [0.5, 0.6) is 0 Å². The van der Waals surface area contributed by atoms with Crippen molar-refractivity contribution in [2.24, 2.45) is 0 Å². The van der Waals surface area contributed by atoms with Gasteiger partial charge in [0, 0.05) is 0 Å². The number of hydrogen-bond donors (Lipinski definition) is 0. The normalized spacial score (nSPS) is 22.9. The van der Waals surface area contributed by atoms with Gasteiger partial charge in [0.15, 0.2) is 0 Å². The standard InChI is InChI=1S/C39H42O6/c1-3-25-44-39(4-2)38(43-29-34-23-15-8-16-24-34)37(42-28-33-21-13-7-14-22-33)36(41-27-32-19-11-6-12-20-32)35(45-39)30-40-26-31-17-9-5-10-18-31/h3-24,35-38H,1-2,25-30H2/t35-,36+,37+,38-,39+/m1/s1. The lowest BCUT2D eigenvalue weighted by molar-refractivity contribution is -0.361. The lowest BCUT2D eigenvalue weighted by Gasteiger charge is -2.51. The van der Waals surface area contributed by atoms with Crippen LogP contribution < -0.4 is 0 Å². The molecule has 0 aromatic heterocycles. The molecule has 0 unspecified atom stereocenters. The maximum atomic E-state index is 6.80. The zero-order valence-electron chi connectivity index (χ0n) is 25.6. The van der Waals surface area contributed by atoms with Gasteiger partial charge in [-0.1, -0.05) is 134 Å². The van der Waals surface area contributed by atoms with Crippen LogP contribution in [0.3, 0.4) is 0 Å². The summed E-state index contributed by atoms with van der Waals surface area (Å²) < 4.78 is 39.6. The quantitative estimate of drug-likeness (QED) is 0.117. The topological polar surface area (TPSA) is 55.4 Å². The molecule has 0 saturated carbocycles. The molecule has 6 nitrogen and oxygen atoms in total. The molecule has 5 atom stereocenters. The van der Waals surface area contributed by atoms with E-state index >= 15 is 0 Å². The molecule has 1 aliphatic heterocycles. The Balaban J connectivity index is 1.48. The van der Waals surface area contributed by atoms with E-state index in [1.807, 2.05) is 121 Å². The Morgan fingerprint density at radius 3 is 1.49 bits per heavy atom. The minimum Gasteiger partial charge on any atom is -0.374 e. The van der Waals surface area contributed by atoms with Gasteiger partial charge in [-0.25, -0.2) is 0 Å². The number of ether oxygens (including phenoxy) is 6. The molecule has 1 saturated heterocycles. The fourth-order valence-electron chi connectivity index (χ4n) is 5.40. The van der Waals surface area contributed by atoms with E-state index in [1.54, 1.807) is 12.2 Å². The van der Waals surface area contributed by atoms with Gasteiger partial charge in [0.1, 0.15) is 24.4 Å². The molecular formula is C39H42O6. The molecule has 1 aliphatic rings. The molecular weight excluding hydrogens is 564 g/mol. The van der Waals surface area contributed by atoms with Crippen LogP contribution in [-0.4, -0.2) is 43.4 Å². The largest absolute Gasteiger partial charge is 0.374 e. The third-order valence-electron chi connectivity index (χ3n) is 7.67. The molecule has 0 bridgehead atoms. The summed E-state index contributed by atoms with van der Waals surface area (Å²) in [4.78, 5) is 0. The lowest BCUT2D eigenvalue weighted by atomic mass is 9.91. The minimum atomic E-state index is -1.36. The Labute approximate surface area is 266 Å². The molecule has 45 heavy (non-hydrogen) atoms. The predicted molar refractivity (Wildman–Crippen MR) is 175 cm³/mol. The van der Waals surface area contributed by atoms with Crippen molar-refractivity contribution in [2.75, 3.05) is 13.2 Å². The molecule has 0 radical (unpaired) electrons. The zero-order chi connectivity index (χ0) is 31.2. The van der Waals surface area contributed by atoms with Gasteiger partial charge in [0.25, 0.3) is 0 Å². The van der Waals surface area contributed by atoms with Crippen molar-refractivity contribution in [1.82, 2.24) is 0 Å². The molecule has 234 valence electrons. The van der Waals surface area contributed by atoms with Crippen LogP contribution in [0.15, 0.2) is 147 Å². The van der Waals surface area contributed by atoms with Crippen LogP contribution in [0.25, 0.3) is 0 Å². The van der Waals surface area contributed by atoms with E-state index in [9.17, 15) is 0 Å². The second-order valence-corrected chi connectivity index (χ2v) is 10.9. The van der Waals surface area contributed by atoms with Crippen LogP contribution in [0, 0.1) is 0 Å². The highest BCUT2D eigenvalue weighted by Crippen LogP contribution is 2.39. The number of hydrogen-bond acceptors (Lipinski definition) is 6. The Bertz CT molecular complexity index is 1420. The van der Waals surface area contributed by atoms with E-state index in [1.165, 1.54) is 0 Å². The van der Waals surface area contributed by atoms with Crippen LogP contribution >= 0.6 is 0 Å². The average molecular weight is 607 g/mol. The summed E-state index contributed by atoms with van der Waals surface area (Å²) in [6.07, 6.45) is 0.859. The number of benzene rings is 4. The second kappa shape index (κ2) is 17.0. The Morgan fingerprint density at radius 1 is 0.578 bits per heavy atom. The highest BCUT2D eigenvalue weighted by atomic mass is 16.7. The van der Waals surface area contributed by atoms with Gasteiger partial charge in [-0.15, -0.1) is 6.58 Å². The Morgan fingerprint density at radius 2 is 1.02 bits per heavy atom. The minimum absolute atomic E-state index is 0.218. The summed E-state index contributed by atoms with van der Waals surface area (Å²) in [6, 6.07) is 40.2. The summed E-state index contributed by atoms with van der Waals surface area (Å²) in [7, 11) is 0. The number of rotatable bonds is 17.